The third-order valence-electron chi connectivity index (χ3n) is 8.41. The summed E-state index contributed by atoms with van der Waals surface area (Å²) in [5, 5.41) is 0.869. The smallest absolute Gasteiger partial charge is 0.420 e. The normalized spacial score (nSPS) is 13.4. The number of ether oxygens (including phenoxy) is 4. The summed E-state index contributed by atoms with van der Waals surface area (Å²) in [7, 11) is 6.82. The number of anilines is 3. The molecule has 1 saturated heterocycles. The zero-order valence-electron chi connectivity index (χ0n) is 30.4. The minimum atomic E-state index is -0.868. The molecule has 1 aliphatic heterocycles. The number of aryl methyl sites for hydroxylation is 1. The molecular weight excluding hydrogens is 711 g/mol. The Labute approximate surface area is 312 Å². The number of halogens is 2. The number of hydrogen-bond donors (Lipinski definition) is 1. The van der Waals surface area contributed by atoms with Gasteiger partial charge in [0, 0.05) is 54.5 Å². The maximum absolute atomic E-state index is 14.5. The summed E-state index contributed by atoms with van der Waals surface area (Å²) >= 11 is 13.6. The number of rotatable bonds is 10. The molecule has 0 spiro atoms. The number of nitrogens with two attached hydrogens (primary N) is 1. The summed E-state index contributed by atoms with van der Waals surface area (Å²) in [6.45, 7) is 8.09. The number of benzene rings is 2. The molecule has 0 unspecified atom stereocenters. The van der Waals surface area contributed by atoms with E-state index in [0.29, 0.717) is 62.3 Å². The van der Waals surface area contributed by atoms with Crippen LogP contribution in [0.25, 0.3) is 22.0 Å². The van der Waals surface area contributed by atoms with Crippen LogP contribution in [0.1, 0.15) is 37.6 Å². The molecule has 278 valence electrons. The van der Waals surface area contributed by atoms with Crippen molar-refractivity contribution >= 4 is 63.3 Å². The Bertz CT molecular complexity index is 2010. The number of pyridine rings is 2. The number of aromatic nitrogens is 2. The van der Waals surface area contributed by atoms with E-state index in [4.69, 9.17) is 47.9 Å². The van der Waals surface area contributed by atoms with E-state index in [1.807, 2.05) is 19.0 Å². The fraction of sp³-hybridized carbons (Fsp3) is 0.405. The zero-order valence-corrected chi connectivity index (χ0v) is 31.9. The van der Waals surface area contributed by atoms with E-state index in [1.54, 1.807) is 66.8 Å². The molecule has 13 nitrogen and oxygen atoms in total. The lowest BCUT2D eigenvalue weighted by molar-refractivity contribution is 0.0303. The van der Waals surface area contributed by atoms with E-state index >= 15 is 0 Å². The van der Waals surface area contributed by atoms with Crippen LogP contribution in [0, 0.1) is 0 Å². The first-order valence-electron chi connectivity index (χ1n) is 16.7. The van der Waals surface area contributed by atoms with Gasteiger partial charge in [-0.15, -0.1) is 0 Å². The van der Waals surface area contributed by atoms with Crippen LogP contribution in [0.4, 0.5) is 22.0 Å². The molecule has 2 aromatic heterocycles. The third kappa shape index (κ3) is 8.23. The van der Waals surface area contributed by atoms with Crippen LogP contribution in [0.5, 0.6) is 11.5 Å². The van der Waals surface area contributed by atoms with Crippen molar-refractivity contribution in [1.29, 1.82) is 0 Å². The fourth-order valence-electron chi connectivity index (χ4n) is 5.92. The van der Waals surface area contributed by atoms with Crippen LogP contribution in [0.15, 0.2) is 47.4 Å². The molecule has 52 heavy (non-hydrogen) atoms. The van der Waals surface area contributed by atoms with Crippen molar-refractivity contribution in [2.75, 3.05) is 71.8 Å². The van der Waals surface area contributed by atoms with E-state index in [1.165, 1.54) is 25.2 Å². The highest BCUT2D eigenvalue weighted by Crippen LogP contribution is 2.45. The first-order chi connectivity index (χ1) is 24.6. The number of nitrogen functional groups attached to an aromatic ring is 1. The highest BCUT2D eigenvalue weighted by Gasteiger charge is 2.30. The summed E-state index contributed by atoms with van der Waals surface area (Å²) in [6.07, 6.45) is 1.42. The Morgan fingerprint density at radius 2 is 1.65 bits per heavy atom. The topological polar surface area (TPSA) is 142 Å². The zero-order chi connectivity index (χ0) is 37.9. The van der Waals surface area contributed by atoms with Crippen molar-refractivity contribution in [2.24, 2.45) is 0 Å². The Balaban J connectivity index is 1.69. The molecule has 0 atom stereocenters. The second-order valence-electron chi connectivity index (χ2n) is 13.6. The highest BCUT2D eigenvalue weighted by molar-refractivity contribution is 6.41. The van der Waals surface area contributed by atoms with Gasteiger partial charge in [0.25, 0.3) is 11.5 Å². The van der Waals surface area contributed by atoms with Gasteiger partial charge < -0.3 is 39.0 Å². The van der Waals surface area contributed by atoms with Crippen LogP contribution in [-0.2, 0) is 16.0 Å². The van der Waals surface area contributed by atoms with Crippen LogP contribution in [-0.4, -0.2) is 98.1 Å². The molecule has 0 saturated carbocycles. The molecule has 15 heteroatoms. The Morgan fingerprint density at radius 3 is 2.23 bits per heavy atom. The monoisotopic (exact) mass is 754 g/mol. The number of fused-ring (bicyclic) bond motifs is 1. The molecule has 0 aliphatic carbocycles. The fourth-order valence-corrected chi connectivity index (χ4v) is 6.62. The van der Waals surface area contributed by atoms with Gasteiger partial charge in [0.1, 0.15) is 22.9 Å². The Morgan fingerprint density at radius 1 is 1.00 bits per heavy atom. The third-order valence-corrected chi connectivity index (χ3v) is 9.16. The molecule has 1 fully saturated rings. The van der Waals surface area contributed by atoms with Gasteiger partial charge in [0.2, 0.25) is 0 Å². The average Bonchev–Trinajstić information content (AvgIpc) is 3.09. The van der Waals surface area contributed by atoms with Gasteiger partial charge in [-0.3, -0.25) is 9.59 Å². The van der Waals surface area contributed by atoms with E-state index in [2.05, 4.69) is 4.98 Å². The van der Waals surface area contributed by atoms with Crippen molar-refractivity contribution in [1.82, 2.24) is 19.4 Å². The number of nitrogens with zero attached hydrogens (tertiary/aromatic N) is 5. The predicted octanol–water partition coefficient (Wildman–Crippen LogP) is 6.47. The summed E-state index contributed by atoms with van der Waals surface area (Å²) in [4.78, 5) is 51.3. The van der Waals surface area contributed by atoms with E-state index in [0.717, 1.165) is 0 Å². The lowest BCUT2D eigenvalue weighted by Crippen LogP contribution is -2.40. The van der Waals surface area contributed by atoms with Gasteiger partial charge in [-0.05, 0) is 72.1 Å². The maximum Gasteiger partial charge on any atom is 0.420 e. The van der Waals surface area contributed by atoms with Crippen LogP contribution >= 0.6 is 23.2 Å². The number of carbonyl (C=O) groups excluding carboxylic acids is 2. The number of carbonyl (C=O) groups is 2. The first kappa shape index (κ1) is 38.7. The molecule has 0 radical (unpaired) electrons. The van der Waals surface area contributed by atoms with Crippen molar-refractivity contribution < 1.29 is 28.5 Å². The van der Waals surface area contributed by atoms with Gasteiger partial charge >= 0.3 is 6.09 Å². The quantitative estimate of drug-likeness (QED) is 0.179. The van der Waals surface area contributed by atoms with Crippen molar-refractivity contribution in [3.05, 3.63) is 68.6 Å². The van der Waals surface area contributed by atoms with E-state index < -0.39 is 11.7 Å². The van der Waals surface area contributed by atoms with Crippen LogP contribution < -0.4 is 25.7 Å². The molecule has 3 heterocycles. The molecule has 1 aliphatic rings. The van der Waals surface area contributed by atoms with E-state index in [-0.39, 0.29) is 61.3 Å². The molecule has 2 N–H and O–H groups in total. The summed E-state index contributed by atoms with van der Waals surface area (Å²) in [5.41, 5.74) is 7.06. The van der Waals surface area contributed by atoms with Crippen LogP contribution in [0.2, 0.25) is 10.0 Å². The molecule has 2 amide bonds. The number of amides is 2. The molecule has 5 rings (SSSR count). The molecule has 0 bridgehead atoms. The number of methoxy groups -OCH3 is 2. The average molecular weight is 756 g/mol. The van der Waals surface area contributed by atoms with Gasteiger partial charge in [0.15, 0.2) is 0 Å². The Hall–Kier alpha value is -4.56. The summed E-state index contributed by atoms with van der Waals surface area (Å²) in [6, 6.07) is 9.59. The minimum Gasteiger partial charge on any atom is -0.495 e. The standard InChI is InChI=1S/C37H44Cl2N6O7/c1-37(2,3)52-36(48)45(26-10-9-22(18-25(26)40)34(46)43-13-15-51-16-14-43)30-19-27-23(21-41-30)17-24(35(47)44(27)12-8-11-42(4)5)31-32(38)28(49-6)20-29(50-7)33(31)39/h9-10,17-21H,8,11-16,40H2,1-7H3. The molecule has 4 aromatic rings. The van der Waals surface area contributed by atoms with Crippen molar-refractivity contribution in [2.45, 2.75) is 39.3 Å². The van der Waals surface area contributed by atoms with Crippen molar-refractivity contribution in [3.8, 4) is 22.6 Å². The van der Waals surface area contributed by atoms with Gasteiger partial charge in [-0.2, -0.15) is 0 Å². The second kappa shape index (κ2) is 16.0. The lowest BCUT2D eigenvalue weighted by Gasteiger charge is -2.29. The number of hydrogen-bond acceptors (Lipinski definition) is 10. The summed E-state index contributed by atoms with van der Waals surface area (Å²) in [5.74, 6) is 0.524. The maximum atomic E-state index is 14.5. The highest BCUT2D eigenvalue weighted by atomic mass is 35.5. The summed E-state index contributed by atoms with van der Waals surface area (Å²) < 4.78 is 23.8. The van der Waals surface area contributed by atoms with Gasteiger partial charge in [0.05, 0.1) is 59.9 Å². The molecular formula is C37H44Cl2N6O7. The first-order valence-corrected chi connectivity index (χ1v) is 17.5. The van der Waals surface area contributed by atoms with Crippen LogP contribution in [0.3, 0.4) is 0 Å². The molecule has 2 aromatic carbocycles. The van der Waals surface area contributed by atoms with Gasteiger partial charge in [-0.25, -0.2) is 14.7 Å². The van der Waals surface area contributed by atoms with E-state index in [9.17, 15) is 14.4 Å². The second-order valence-corrected chi connectivity index (χ2v) is 14.3. The Kier molecular flexibility index (Phi) is 11.9. The van der Waals surface area contributed by atoms with Crippen molar-refractivity contribution in [3.63, 3.8) is 0 Å². The minimum absolute atomic E-state index is 0.147. The largest absolute Gasteiger partial charge is 0.495 e. The number of morpholine rings is 1. The predicted molar refractivity (Wildman–Crippen MR) is 204 cm³/mol. The SMILES string of the molecule is COc1cc(OC)c(Cl)c(-c2cc3cnc(N(C(=O)OC(C)(C)C)c4ccc(C(=O)N5CCOCC5)cc4N)cc3n(CCCN(C)C)c2=O)c1Cl. The van der Waals surface area contributed by atoms with Gasteiger partial charge in [-0.1, -0.05) is 23.2 Å². The lowest BCUT2D eigenvalue weighted by atomic mass is 10.0.